The number of hydrogen-bond donors (Lipinski definition) is 0. The van der Waals surface area contributed by atoms with Crippen molar-refractivity contribution in [2.24, 2.45) is 0 Å². The van der Waals surface area contributed by atoms with Gasteiger partial charge in [-0.1, -0.05) is 0 Å². The largest absolute Gasteiger partial charge is 0.501 e. The minimum absolute atomic E-state index is 0.0425. The van der Waals surface area contributed by atoms with Crippen molar-refractivity contribution in [3.8, 4) is 5.75 Å². The Labute approximate surface area is 198 Å². The highest BCUT2D eigenvalue weighted by molar-refractivity contribution is 7.92. The van der Waals surface area contributed by atoms with Gasteiger partial charge in [-0.3, -0.25) is 9.78 Å². The summed E-state index contributed by atoms with van der Waals surface area (Å²) >= 11 is 0. The van der Waals surface area contributed by atoms with E-state index in [1.165, 1.54) is 12.0 Å². The van der Waals surface area contributed by atoms with Crippen LogP contribution in [0.2, 0.25) is 0 Å². The van der Waals surface area contributed by atoms with Crippen LogP contribution in [0.4, 0.5) is 23.7 Å². The molecule has 0 saturated carbocycles. The van der Waals surface area contributed by atoms with Crippen LogP contribution < -0.4 is 9.64 Å². The van der Waals surface area contributed by atoms with Crippen LogP contribution in [0.15, 0.2) is 59.6 Å². The van der Waals surface area contributed by atoms with Crippen LogP contribution >= 0.6 is 0 Å². The quantitative estimate of drug-likeness (QED) is 0.478. The summed E-state index contributed by atoms with van der Waals surface area (Å²) in [7, 11) is -4.04. The molecule has 4 rings (SSSR count). The van der Waals surface area contributed by atoms with E-state index in [2.05, 4.69) is 4.98 Å². The molecule has 12 heteroatoms. The van der Waals surface area contributed by atoms with Crippen molar-refractivity contribution in [3.63, 3.8) is 0 Å². The average molecular weight is 507 g/mol. The van der Waals surface area contributed by atoms with Gasteiger partial charge in [-0.15, -0.1) is 0 Å². The number of anilines is 1. The maximum atomic E-state index is 13.3. The number of halogens is 3. The van der Waals surface area contributed by atoms with Crippen LogP contribution in [0, 0.1) is 0 Å². The number of hydrogen-bond acceptors (Lipinski definition) is 6. The fourth-order valence-corrected chi connectivity index (χ4v) is 4.62. The fourth-order valence-electron chi connectivity index (χ4n) is 3.85. The summed E-state index contributed by atoms with van der Waals surface area (Å²) in [6.07, 6.45) is 1.58. The van der Waals surface area contributed by atoms with E-state index in [4.69, 9.17) is 4.74 Å². The van der Waals surface area contributed by atoms with E-state index >= 15 is 0 Å². The first-order chi connectivity index (χ1) is 16.3. The van der Waals surface area contributed by atoms with Crippen LogP contribution in [-0.2, 0) is 21.2 Å². The number of carbonyl (C=O) groups is 2. The van der Waals surface area contributed by atoms with E-state index in [0.717, 1.165) is 34.6 Å². The highest BCUT2D eigenvalue weighted by Crippen LogP contribution is 2.36. The summed E-state index contributed by atoms with van der Waals surface area (Å²) in [6, 6.07) is 9.75. The number of nitrogens with zero attached hydrogens (tertiary/aromatic N) is 3. The molecule has 0 bridgehead atoms. The molecule has 3 amide bonds. The molecular formula is C23H20F3N3O5S. The van der Waals surface area contributed by atoms with Crippen molar-refractivity contribution in [1.29, 1.82) is 0 Å². The number of benzene rings is 2. The number of urea groups is 1. The lowest BCUT2D eigenvalue weighted by atomic mass is 10.0. The average Bonchev–Trinajstić information content (AvgIpc) is 2.97. The summed E-state index contributed by atoms with van der Waals surface area (Å²) in [6.45, 7) is 3.15. The molecular weight excluding hydrogens is 487 g/mol. The van der Waals surface area contributed by atoms with Gasteiger partial charge in [0, 0.05) is 18.1 Å². The van der Waals surface area contributed by atoms with Crippen molar-refractivity contribution < 1.29 is 35.9 Å². The summed E-state index contributed by atoms with van der Waals surface area (Å²) in [5.74, 6) is -0.0183. The highest BCUT2D eigenvalue weighted by Gasteiger charge is 2.52. The van der Waals surface area contributed by atoms with E-state index in [-0.39, 0.29) is 12.2 Å². The molecule has 1 aliphatic heterocycles. The third kappa shape index (κ3) is 3.97. The molecule has 3 aromatic rings. The van der Waals surface area contributed by atoms with Crippen LogP contribution in [0.1, 0.15) is 19.4 Å². The second-order valence-corrected chi connectivity index (χ2v) is 10.3. The third-order valence-electron chi connectivity index (χ3n) is 5.90. The molecule has 0 spiro atoms. The Morgan fingerprint density at radius 2 is 1.69 bits per heavy atom. The SMILES string of the molecule is COc1ccc2nccc(CN3C(=O)N(c4ccc(S(=O)(=O)C(F)(F)F)cc4)C(=O)C3(C)C)c2c1. The number of pyridine rings is 1. The molecule has 2 heterocycles. The molecule has 1 aliphatic rings. The first-order valence-corrected chi connectivity index (χ1v) is 11.8. The standard InChI is InChI=1S/C23H20F3N3O5S/c1-22(2)20(30)29(15-4-7-17(8-5-15)35(32,33)23(24,25)26)21(31)28(22)13-14-10-11-27-19-9-6-16(34-3)12-18(14)19/h4-12H,13H2,1-3H3. The molecule has 0 unspecified atom stereocenters. The molecule has 0 aliphatic carbocycles. The van der Waals surface area contributed by atoms with Gasteiger partial charge in [0.1, 0.15) is 11.3 Å². The van der Waals surface area contributed by atoms with Crippen molar-refractivity contribution in [3.05, 3.63) is 60.3 Å². The molecule has 1 saturated heterocycles. The zero-order chi connectivity index (χ0) is 25.8. The van der Waals surface area contributed by atoms with Gasteiger partial charge in [-0.05, 0) is 67.9 Å². The predicted octanol–water partition coefficient (Wildman–Crippen LogP) is 4.28. The Hall–Kier alpha value is -3.67. The molecule has 0 radical (unpaired) electrons. The van der Waals surface area contributed by atoms with Crippen molar-refractivity contribution in [1.82, 2.24) is 9.88 Å². The van der Waals surface area contributed by atoms with Gasteiger partial charge in [-0.2, -0.15) is 13.2 Å². The second-order valence-electron chi connectivity index (χ2n) is 8.36. The Morgan fingerprint density at radius 3 is 2.29 bits per heavy atom. The van der Waals surface area contributed by atoms with Gasteiger partial charge in [-0.25, -0.2) is 18.1 Å². The van der Waals surface area contributed by atoms with Gasteiger partial charge in [0.25, 0.3) is 15.7 Å². The van der Waals surface area contributed by atoms with Gasteiger partial charge in [0.15, 0.2) is 0 Å². The molecule has 1 aromatic heterocycles. The van der Waals surface area contributed by atoms with Gasteiger partial charge in [0.05, 0.1) is 23.2 Å². The lowest BCUT2D eigenvalue weighted by Crippen LogP contribution is -2.43. The van der Waals surface area contributed by atoms with Crippen LogP contribution in [0.5, 0.6) is 5.75 Å². The highest BCUT2D eigenvalue weighted by atomic mass is 32.2. The monoisotopic (exact) mass is 507 g/mol. The van der Waals surface area contributed by atoms with Crippen LogP contribution in [-0.4, -0.2) is 48.4 Å². The van der Waals surface area contributed by atoms with E-state index in [1.54, 1.807) is 44.3 Å². The molecule has 0 atom stereocenters. The number of imide groups is 1. The number of amides is 3. The molecule has 184 valence electrons. The maximum Gasteiger partial charge on any atom is 0.501 e. The lowest BCUT2D eigenvalue weighted by molar-refractivity contribution is -0.123. The zero-order valence-electron chi connectivity index (χ0n) is 18.8. The molecule has 1 fully saturated rings. The number of rotatable bonds is 5. The van der Waals surface area contributed by atoms with E-state index in [1.807, 2.05) is 0 Å². The molecule has 8 nitrogen and oxygen atoms in total. The number of alkyl halides is 3. The maximum absolute atomic E-state index is 13.3. The first kappa shape index (κ1) is 24.5. The second kappa shape index (κ2) is 8.22. The fraction of sp³-hybridized carbons (Fsp3) is 0.261. The van der Waals surface area contributed by atoms with Gasteiger partial charge < -0.3 is 9.64 Å². The Morgan fingerprint density at radius 1 is 1.03 bits per heavy atom. The number of aromatic nitrogens is 1. The lowest BCUT2D eigenvalue weighted by Gasteiger charge is -2.28. The summed E-state index contributed by atoms with van der Waals surface area (Å²) in [5.41, 5.74) is -5.43. The minimum atomic E-state index is -5.56. The normalized spacial score (nSPS) is 16.3. The van der Waals surface area contributed by atoms with Crippen molar-refractivity contribution in [2.45, 2.75) is 36.3 Å². The summed E-state index contributed by atoms with van der Waals surface area (Å²) in [4.78, 5) is 32.0. The number of carbonyl (C=O) groups excluding carboxylic acids is 2. The Bertz CT molecular complexity index is 1440. The Kier molecular flexibility index (Phi) is 5.75. The topological polar surface area (TPSA) is 96.9 Å². The summed E-state index contributed by atoms with van der Waals surface area (Å²) in [5, 5.41) is 0.725. The van der Waals surface area contributed by atoms with Crippen LogP contribution in [0.3, 0.4) is 0 Å². The van der Waals surface area contributed by atoms with Crippen molar-refractivity contribution in [2.75, 3.05) is 12.0 Å². The smallest absolute Gasteiger partial charge is 0.497 e. The minimum Gasteiger partial charge on any atom is -0.497 e. The number of fused-ring (bicyclic) bond motifs is 1. The third-order valence-corrected chi connectivity index (χ3v) is 7.40. The predicted molar refractivity (Wildman–Crippen MR) is 120 cm³/mol. The van der Waals surface area contributed by atoms with E-state index in [9.17, 15) is 31.2 Å². The van der Waals surface area contributed by atoms with Crippen molar-refractivity contribution >= 4 is 38.4 Å². The van der Waals surface area contributed by atoms with Gasteiger partial charge in [0.2, 0.25) is 0 Å². The molecule has 2 aromatic carbocycles. The zero-order valence-corrected chi connectivity index (χ0v) is 19.6. The number of methoxy groups -OCH3 is 1. The molecule has 0 N–H and O–H groups in total. The number of ether oxygens (including phenoxy) is 1. The van der Waals surface area contributed by atoms with Gasteiger partial charge >= 0.3 is 11.5 Å². The summed E-state index contributed by atoms with van der Waals surface area (Å²) < 4.78 is 67.0. The Balaban J connectivity index is 1.69. The first-order valence-electron chi connectivity index (χ1n) is 10.3. The van der Waals surface area contributed by atoms with E-state index < -0.39 is 37.7 Å². The van der Waals surface area contributed by atoms with E-state index in [0.29, 0.717) is 16.8 Å². The van der Waals surface area contributed by atoms with Crippen LogP contribution in [0.25, 0.3) is 10.9 Å². The molecule has 35 heavy (non-hydrogen) atoms. The number of sulfone groups is 1.